The van der Waals surface area contributed by atoms with Gasteiger partial charge in [-0.15, -0.1) is 0 Å². The van der Waals surface area contributed by atoms with Crippen LogP contribution in [-0.2, 0) is 21.4 Å². The Labute approximate surface area is 244 Å². The Hall–Kier alpha value is -2.28. The number of methoxy groups -OCH3 is 1. The third-order valence-corrected chi connectivity index (χ3v) is 12.4. The van der Waals surface area contributed by atoms with Crippen molar-refractivity contribution < 1.29 is 19.1 Å². The van der Waals surface area contributed by atoms with Gasteiger partial charge in [0.1, 0.15) is 17.4 Å². The van der Waals surface area contributed by atoms with Crippen molar-refractivity contribution in [3.8, 4) is 5.75 Å². The average molecular weight is 562 g/mol. The van der Waals surface area contributed by atoms with Crippen LogP contribution in [0.2, 0.25) is 0 Å². The highest BCUT2D eigenvalue weighted by Gasteiger charge is 2.76. The van der Waals surface area contributed by atoms with Crippen LogP contribution in [0.15, 0.2) is 18.2 Å². The molecule has 3 aliphatic heterocycles. The molecule has 8 rings (SSSR count). The summed E-state index contributed by atoms with van der Waals surface area (Å²) in [5.41, 5.74) is 2.91. The van der Waals surface area contributed by atoms with Crippen LogP contribution >= 0.6 is 0 Å². The first-order chi connectivity index (χ1) is 19.6. The molecule has 0 N–H and O–H groups in total. The van der Waals surface area contributed by atoms with Crippen molar-refractivity contribution in [2.45, 2.75) is 108 Å². The van der Waals surface area contributed by atoms with Gasteiger partial charge in [0.05, 0.1) is 7.11 Å². The summed E-state index contributed by atoms with van der Waals surface area (Å²) in [6.07, 6.45) is 9.97. The highest BCUT2D eigenvalue weighted by molar-refractivity contribution is 5.87. The van der Waals surface area contributed by atoms with Crippen LogP contribution in [0.1, 0.15) is 83.3 Å². The second kappa shape index (κ2) is 8.87. The van der Waals surface area contributed by atoms with Crippen molar-refractivity contribution >= 4 is 12.0 Å². The Kier molecular flexibility index (Phi) is 5.70. The minimum atomic E-state index is -0.565. The summed E-state index contributed by atoms with van der Waals surface area (Å²) >= 11 is 0. The molecule has 7 atom stereocenters. The Morgan fingerprint density at radius 3 is 2.63 bits per heavy atom. The number of carbonyl (C=O) groups is 2. The lowest BCUT2D eigenvalue weighted by Crippen LogP contribution is -2.70. The molecule has 7 heteroatoms. The number of benzene rings is 1. The number of hydrogen-bond acceptors (Lipinski definition) is 5. The van der Waals surface area contributed by atoms with E-state index in [4.69, 9.17) is 9.47 Å². The van der Waals surface area contributed by atoms with Crippen molar-refractivity contribution in [3.05, 3.63) is 29.3 Å². The Bertz CT molecular complexity index is 1270. The van der Waals surface area contributed by atoms with Crippen LogP contribution in [0.4, 0.5) is 4.79 Å². The predicted octanol–water partition coefficient (Wildman–Crippen LogP) is 5.00. The van der Waals surface area contributed by atoms with Gasteiger partial charge in [0.2, 0.25) is 5.91 Å². The van der Waals surface area contributed by atoms with Crippen LogP contribution in [-0.4, -0.2) is 83.7 Å². The lowest BCUT2D eigenvalue weighted by atomic mass is 9.43. The zero-order valence-corrected chi connectivity index (χ0v) is 25.4. The second-order valence-corrected chi connectivity index (χ2v) is 15.5. The first-order valence-corrected chi connectivity index (χ1v) is 16.4. The van der Waals surface area contributed by atoms with Gasteiger partial charge in [-0.05, 0) is 132 Å². The minimum Gasteiger partial charge on any atom is -0.497 e. The van der Waals surface area contributed by atoms with Crippen molar-refractivity contribution in [1.82, 2.24) is 14.7 Å². The van der Waals surface area contributed by atoms with E-state index < -0.39 is 5.60 Å². The summed E-state index contributed by atoms with van der Waals surface area (Å²) in [4.78, 5) is 34.3. The van der Waals surface area contributed by atoms with E-state index in [-0.39, 0.29) is 29.5 Å². The van der Waals surface area contributed by atoms with Crippen molar-refractivity contribution in [2.24, 2.45) is 23.2 Å². The monoisotopic (exact) mass is 561 g/mol. The fraction of sp³-hybridized carbons (Fsp3) is 0.765. The summed E-state index contributed by atoms with van der Waals surface area (Å²) < 4.78 is 11.5. The Balaban J connectivity index is 1.15. The molecule has 5 unspecified atom stereocenters. The van der Waals surface area contributed by atoms with E-state index in [1.807, 2.05) is 20.8 Å². The second-order valence-electron chi connectivity index (χ2n) is 15.5. The van der Waals surface area contributed by atoms with E-state index in [0.717, 1.165) is 43.9 Å². The third kappa shape index (κ3) is 3.66. The number of nitrogens with zero attached hydrogens (tertiary/aromatic N) is 3. The number of piperidine rings is 1. The molecule has 0 aromatic heterocycles. The average Bonchev–Trinajstić information content (AvgIpc) is 3.38. The van der Waals surface area contributed by atoms with Gasteiger partial charge in [-0.1, -0.05) is 6.07 Å². The molecule has 7 nitrogen and oxygen atoms in total. The lowest BCUT2D eigenvalue weighted by molar-refractivity contribution is -0.144. The number of hydrogen-bond donors (Lipinski definition) is 0. The van der Waals surface area contributed by atoms with Crippen LogP contribution in [0.5, 0.6) is 5.75 Å². The first kappa shape index (κ1) is 26.4. The van der Waals surface area contributed by atoms with Crippen molar-refractivity contribution in [2.75, 3.05) is 33.3 Å². The maximum Gasteiger partial charge on any atom is 0.410 e. The van der Waals surface area contributed by atoms with E-state index in [1.54, 1.807) is 17.6 Å². The molecule has 7 aliphatic rings. The maximum absolute atomic E-state index is 14.3. The molecule has 3 saturated heterocycles. The van der Waals surface area contributed by atoms with Crippen LogP contribution in [0.25, 0.3) is 0 Å². The zero-order valence-electron chi connectivity index (χ0n) is 25.4. The van der Waals surface area contributed by atoms with E-state index in [1.165, 1.54) is 50.8 Å². The normalized spacial score (nSPS) is 39.0. The van der Waals surface area contributed by atoms with E-state index in [0.29, 0.717) is 29.8 Å². The molecule has 1 aromatic rings. The Morgan fingerprint density at radius 2 is 1.88 bits per heavy atom. The van der Waals surface area contributed by atoms with Gasteiger partial charge in [0.25, 0.3) is 0 Å². The standard InChI is InChI=1S/C34H47N3O4/c1-32(2,3)41-31(39)36-14-5-6-27(36)30(38)37-20-23-18-33-12-11-26(37)29(23)34(33)13-15-35(19-21-7-8-21)28(33)16-22-9-10-24(40-4)17-25(22)34/h9-10,17,21,23,26-29H,5-8,11-16,18-20H2,1-4H3/t23-,26?,27+,28?,29?,33?,34?/m1/s1. The van der Waals surface area contributed by atoms with Gasteiger partial charge in [0.15, 0.2) is 0 Å². The fourth-order valence-corrected chi connectivity index (χ4v) is 11.1. The molecule has 222 valence electrons. The number of carbonyl (C=O) groups excluding carboxylic acids is 2. The van der Waals surface area contributed by atoms with Gasteiger partial charge < -0.3 is 14.4 Å². The molecular formula is C34H47N3O4. The maximum atomic E-state index is 14.3. The molecule has 0 radical (unpaired) electrons. The van der Waals surface area contributed by atoms with Gasteiger partial charge in [-0.2, -0.15) is 0 Å². The number of ether oxygens (including phenoxy) is 2. The molecule has 41 heavy (non-hydrogen) atoms. The molecule has 4 aliphatic carbocycles. The molecule has 6 fully saturated rings. The highest BCUT2D eigenvalue weighted by atomic mass is 16.6. The van der Waals surface area contributed by atoms with Crippen LogP contribution in [0, 0.1) is 23.2 Å². The molecule has 2 amide bonds. The highest BCUT2D eigenvalue weighted by Crippen LogP contribution is 2.75. The van der Waals surface area contributed by atoms with E-state index >= 15 is 0 Å². The smallest absolute Gasteiger partial charge is 0.410 e. The summed E-state index contributed by atoms with van der Waals surface area (Å²) in [6, 6.07) is 7.39. The van der Waals surface area contributed by atoms with Crippen LogP contribution in [0.3, 0.4) is 0 Å². The quantitative estimate of drug-likeness (QED) is 0.518. The number of likely N-dealkylation sites (tertiary alicyclic amines) is 3. The van der Waals surface area contributed by atoms with E-state index in [9.17, 15) is 9.59 Å². The number of rotatable bonds is 4. The van der Waals surface area contributed by atoms with Crippen molar-refractivity contribution in [3.63, 3.8) is 0 Å². The zero-order chi connectivity index (χ0) is 28.3. The van der Waals surface area contributed by atoms with Gasteiger partial charge in [0, 0.05) is 37.1 Å². The minimum absolute atomic E-state index is 0.114. The fourth-order valence-electron chi connectivity index (χ4n) is 11.1. The summed E-state index contributed by atoms with van der Waals surface area (Å²) in [7, 11) is 1.79. The SMILES string of the molecule is COc1ccc2c(c1)C13CCN(CC4CC4)C(C2)C12CCC1C3[C@@H](CN1C(=O)[C@@H]1CCCN1C(=O)OC(C)(C)C)C2. The molecule has 3 heterocycles. The molecule has 1 aromatic carbocycles. The number of amides is 2. The van der Waals surface area contributed by atoms with Crippen molar-refractivity contribution in [1.29, 1.82) is 0 Å². The summed E-state index contributed by atoms with van der Waals surface area (Å²) in [5, 5.41) is 0. The number of fused-ring (bicyclic) bond motifs is 1. The van der Waals surface area contributed by atoms with Gasteiger partial charge >= 0.3 is 6.09 Å². The van der Waals surface area contributed by atoms with Gasteiger partial charge in [-0.3, -0.25) is 14.6 Å². The third-order valence-electron chi connectivity index (χ3n) is 12.4. The van der Waals surface area contributed by atoms with E-state index in [2.05, 4.69) is 28.0 Å². The topological polar surface area (TPSA) is 62.3 Å². The summed E-state index contributed by atoms with van der Waals surface area (Å²) in [6.45, 7) is 9.60. The molecule has 0 spiro atoms. The predicted molar refractivity (Wildman–Crippen MR) is 156 cm³/mol. The van der Waals surface area contributed by atoms with Gasteiger partial charge in [-0.25, -0.2) is 4.79 Å². The first-order valence-electron chi connectivity index (χ1n) is 16.4. The molecule has 4 bridgehead atoms. The Morgan fingerprint density at radius 1 is 1.05 bits per heavy atom. The summed E-state index contributed by atoms with van der Waals surface area (Å²) in [5.74, 6) is 3.06. The lowest BCUT2D eigenvalue weighted by Gasteiger charge is -2.66. The van der Waals surface area contributed by atoms with Crippen LogP contribution < -0.4 is 4.74 Å². The molecule has 3 saturated carbocycles. The largest absolute Gasteiger partial charge is 0.497 e. The molecular weight excluding hydrogens is 514 g/mol.